The van der Waals surface area contributed by atoms with Crippen molar-refractivity contribution in [2.45, 2.75) is 64.0 Å². The molecule has 1 atom stereocenters. The summed E-state index contributed by atoms with van der Waals surface area (Å²) in [6.07, 6.45) is 11.5. The summed E-state index contributed by atoms with van der Waals surface area (Å²) < 4.78 is 2.15. The Morgan fingerprint density at radius 1 is 1.33 bits per heavy atom. The van der Waals surface area contributed by atoms with Crippen molar-refractivity contribution in [2.75, 3.05) is 13.6 Å². The molecule has 0 aliphatic heterocycles. The fourth-order valence-electron chi connectivity index (χ4n) is 4.18. The summed E-state index contributed by atoms with van der Waals surface area (Å²) in [5, 5.41) is 11.0. The highest BCUT2D eigenvalue weighted by Gasteiger charge is 2.29. The molecule has 2 aliphatic rings. The molecule has 5 heteroatoms. The van der Waals surface area contributed by atoms with Gasteiger partial charge in [-0.1, -0.05) is 25.3 Å². The minimum Gasteiger partial charge on any atom is -0.354 e. The van der Waals surface area contributed by atoms with Crippen molar-refractivity contribution >= 4 is 5.91 Å². The molecule has 0 aromatic carbocycles. The number of carbonyl (C=O) groups is 1. The van der Waals surface area contributed by atoms with Crippen LogP contribution in [-0.4, -0.2) is 35.3 Å². The predicted octanol–water partition coefficient (Wildman–Crippen LogP) is 2.46. The second kappa shape index (κ2) is 7.97. The Balaban J connectivity index is 1.81. The number of hydrogen-bond donors (Lipinski definition) is 2. The van der Waals surface area contributed by atoms with E-state index in [4.69, 9.17) is 5.10 Å². The van der Waals surface area contributed by atoms with E-state index in [1.54, 1.807) is 7.05 Å². The van der Waals surface area contributed by atoms with Gasteiger partial charge in [0, 0.05) is 37.4 Å². The van der Waals surface area contributed by atoms with E-state index in [-0.39, 0.29) is 5.91 Å². The first kappa shape index (κ1) is 17.2. The van der Waals surface area contributed by atoms with E-state index >= 15 is 0 Å². The Morgan fingerprint density at radius 3 is 2.83 bits per heavy atom. The van der Waals surface area contributed by atoms with Crippen LogP contribution in [0.25, 0.3) is 0 Å². The molecule has 132 valence electrons. The molecule has 1 fully saturated rings. The van der Waals surface area contributed by atoms with Crippen LogP contribution < -0.4 is 10.6 Å². The zero-order valence-corrected chi connectivity index (χ0v) is 14.8. The Morgan fingerprint density at radius 2 is 2.12 bits per heavy atom. The van der Waals surface area contributed by atoms with E-state index < -0.39 is 0 Å². The highest BCUT2D eigenvalue weighted by molar-refractivity contribution is 5.93. The number of nitrogens with one attached hydrogen (secondary N) is 2. The molecule has 2 N–H and O–H groups in total. The van der Waals surface area contributed by atoms with Crippen molar-refractivity contribution in [1.29, 1.82) is 0 Å². The Bertz CT molecular complexity index is 586. The zero-order chi connectivity index (χ0) is 16.9. The lowest BCUT2D eigenvalue weighted by Gasteiger charge is -2.26. The van der Waals surface area contributed by atoms with Gasteiger partial charge in [-0.25, -0.2) is 0 Å². The van der Waals surface area contributed by atoms with Gasteiger partial charge < -0.3 is 10.6 Å². The van der Waals surface area contributed by atoms with Gasteiger partial charge in [-0.3, -0.25) is 9.48 Å². The fourth-order valence-corrected chi connectivity index (χ4v) is 4.18. The third-order valence-electron chi connectivity index (χ3n) is 5.50. The molecule has 2 aliphatic carbocycles. The van der Waals surface area contributed by atoms with Crippen LogP contribution in [0.5, 0.6) is 0 Å². The van der Waals surface area contributed by atoms with Gasteiger partial charge >= 0.3 is 0 Å². The summed E-state index contributed by atoms with van der Waals surface area (Å²) in [5.41, 5.74) is 3.07. The summed E-state index contributed by atoms with van der Waals surface area (Å²) in [6.45, 7) is 5.56. The first-order chi connectivity index (χ1) is 11.7. The first-order valence-corrected chi connectivity index (χ1v) is 9.37. The molecular formula is C19H30N4O. The van der Waals surface area contributed by atoms with Crippen LogP contribution in [0, 0.1) is 5.92 Å². The highest BCUT2D eigenvalue weighted by atomic mass is 16.1. The van der Waals surface area contributed by atoms with E-state index in [1.807, 2.05) is 6.08 Å². The van der Waals surface area contributed by atoms with Crippen LogP contribution >= 0.6 is 0 Å². The molecule has 1 amide bonds. The number of nitrogens with zero attached hydrogens (tertiary/aromatic N) is 2. The number of amides is 1. The molecule has 1 aromatic heterocycles. The number of hydrogen-bond acceptors (Lipinski definition) is 3. The molecule has 0 spiro atoms. The second-order valence-corrected chi connectivity index (χ2v) is 7.18. The maximum atomic E-state index is 12.3. The maximum absolute atomic E-state index is 12.3. The molecule has 1 saturated carbocycles. The van der Waals surface area contributed by atoms with Gasteiger partial charge in [0.25, 0.3) is 5.91 Å². The van der Waals surface area contributed by atoms with Crippen LogP contribution in [-0.2, 0) is 19.4 Å². The molecule has 5 nitrogen and oxygen atoms in total. The number of aromatic nitrogens is 2. The quantitative estimate of drug-likeness (QED) is 0.788. The van der Waals surface area contributed by atoms with E-state index in [9.17, 15) is 4.79 Å². The lowest BCUT2D eigenvalue weighted by molar-refractivity contribution is 0.0956. The SMILES string of the molecule is C=CCNC1CCc2c(c(C(=O)NC)nn2CC2CCCCC2)C1. The Hall–Kier alpha value is -1.62. The number of fused-ring (bicyclic) bond motifs is 1. The lowest BCUT2D eigenvalue weighted by atomic mass is 9.88. The van der Waals surface area contributed by atoms with Gasteiger partial charge in [0.1, 0.15) is 0 Å². The maximum Gasteiger partial charge on any atom is 0.271 e. The van der Waals surface area contributed by atoms with E-state index in [0.29, 0.717) is 11.7 Å². The first-order valence-electron chi connectivity index (χ1n) is 9.37. The molecule has 1 unspecified atom stereocenters. The minimum atomic E-state index is -0.0574. The zero-order valence-electron chi connectivity index (χ0n) is 14.8. The van der Waals surface area contributed by atoms with E-state index in [1.165, 1.54) is 37.8 Å². The number of carbonyl (C=O) groups excluding carboxylic acids is 1. The molecule has 0 radical (unpaired) electrons. The summed E-state index contributed by atoms with van der Waals surface area (Å²) in [4.78, 5) is 12.3. The predicted molar refractivity (Wildman–Crippen MR) is 96.2 cm³/mol. The van der Waals surface area contributed by atoms with Crippen LogP contribution in [0.15, 0.2) is 12.7 Å². The van der Waals surface area contributed by atoms with Crippen molar-refractivity contribution < 1.29 is 4.79 Å². The lowest BCUT2D eigenvalue weighted by Crippen LogP contribution is -2.35. The monoisotopic (exact) mass is 330 g/mol. The number of rotatable bonds is 6. The normalized spacial score (nSPS) is 21.3. The third-order valence-corrected chi connectivity index (χ3v) is 5.50. The highest BCUT2D eigenvalue weighted by Crippen LogP contribution is 2.29. The van der Waals surface area contributed by atoms with Crippen LogP contribution in [0.1, 0.15) is 60.3 Å². The second-order valence-electron chi connectivity index (χ2n) is 7.18. The van der Waals surface area contributed by atoms with E-state index in [0.717, 1.165) is 43.8 Å². The molecule has 1 heterocycles. The third kappa shape index (κ3) is 3.72. The molecular weight excluding hydrogens is 300 g/mol. The van der Waals surface area contributed by atoms with Gasteiger partial charge in [-0.2, -0.15) is 5.10 Å². The standard InChI is InChI=1S/C19H30N4O/c1-3-11-21-15-9-10-17-16(12-15)18(19(24)20-2)22-23(17)13-14-7-5-4-6-8-14/h3,14-15,21H,1,4-13H2,2H3,(H,20,24). The van der Waals surface area contributed by atoms with Crippen LogP contribution in [0.3, 0.4) is 0 Å². The van der Waals surface area contributed by atoms with Crippen molar-refractivity contribution in [3.8, 4) is 0 Å². The Labute approximate surface area is 144 Å². The van der Waals surface area contributed by atoms with Gasteiger partial charge in [-0.15, -0.1) is 6.58 Å². The van der Waals surface area contributed by atoms with Crippen molar-refractivity contribution in [2.24, 2.45) is 5.92 Å². The van der Waals surface area contributed by atoms with Gasteiger partial charge in [0.05, 0.1) is 0 Å². The summed E-state index contributed by atoms with van der Waals surface area (Å²) in [6, 6.07) is 0.409. The molecule has 0 bridgehead atoms. The molecule has 0 saturated heterocycles. The average molecular weight is 330 g/mol. The topological polar surface area (TPSA) is 59.0 Å². The molecule has 3 rings (SSSR count). The van der Waals surface area contributed by atoms with Gasteiger partial charge in [0.15, 0.2) is 5.69 Å². The summed E-state index contributed by atoms with van der Waals surface area (Å²) >= 11 is 0. The summed E-state index contributed by atoms with van der Waals surface area (Å²) in [5.74, 6) is 0.662. The Kier molecular flexibility index (Phi) is 5.72. The van der Waals surface area contributed by atoms with Crippen molar-refractivity contribution in [1.82, 2.24) is 20.4 Å². The fraction of sp³-hybridized carbons (Fsp3) is 0.684. The van der Waals surface area contributed by atoms with Crippen molar-refractivity contribution in [3.63, 3.8) is 0 Å². The van der Waals surface area contributed by atoms with Gasteiger partial charge in [-0.05, 0) is 38.0 Å². The average Bonchev–Trinajstić information content (AvgIpc) is 2.98. The minimum absolute atomic E-state index is 0.0574. The smallest absolute Gasteiger partial charge is 0.271 e. The molecule has 1 aromatic rings. The van der Waals surface area contributed by atoms with Crippen LogP contribution in [0.2, 0.25) is 0 Å². The van der Waals surface area contributed by atoms with Crippen molar-refractivity contribution in [3.05, 3.63) is 29.6 Å². The summed E-state index contributed by atoms with van der Waals surface area (Å²) in [7, 11) is 1.69. The van der Waals surface area contributed by atoms with Crippen LogP contribution in [0.4, 0.5) is 0 Å². The largest absolute Gasteiger partial charge is 0.354 e. The van der Waals surface area contributed by atoms with Gasteiger partial charge in [0.2, 0.25) is 0 Å². The van der Waals surface area contributed by atoms with E-state index in [2.05, 4.69) is 21.9 Å². The molecule has 24 heavy (non-hydrogen) atoms.